The molecule has 1 fully saturated rings. The van der Waals surface area contributed by atoms with Crippen LogP contribution in [0.5, 0.6) is 5.75 Å². The Morgan fingerprint density at radius 1 is 1.28 bits per heavy atom. The summed E-state index contributed by atoms with van der Waals surface area (Å²) in [5.74, 6) is 0.676. The number of anilines is 1. The van der Waals surface area contributed by atoms with Crippen molar-refractivity contribution in [3.63, 3.8) is 0 Å². The van der Waals surface area contributed by atoms with E-state index in [-0.39, 0.29) is 29.9 Å². The lowest BCUT2D eigenvalue weighted by molar-refractivity contribution is -0.113. The molecule has 1 saturated heterocycles. The summed E-state index contributed by atoms with van der Waals surface area (Å²) in [6.45, 7) is 0. The van der Waals surface area contributed by atoms with Gasteiger partial charge in [-0.3, -0.25) is 10.2 Å². The monoisotopic (exact) mass is 470 g/mol. The highest BCUT2D eigenvalue weighted by atomic mass is 35.5. The van der Waals surface area contributed by atoms with Crippen molar-refractivity contribution in [3.05, 3.63) is 71.5 Å². The van der Waals surface area contributed by atoms with Crippen molar-refractivity contribution in [3.8, 4) is 5.75 Å². The average molecular weight is 471 g/mol. The minimum atomic E-state index is -0.128. The summed E-state index contributed by atoms with van der Waals surface area (Å²) >= 11 is 7.53. The van der Waals surface area contributed by atoms with Crippen LogP contribution in [0.15, 0.2) is 66.0 Å². The van der Waals surface area contributed by atoms with Gasteiger partial charge in [-0.25, -0.2) is 5.43 Å². The Balaban J connectivity index is 1.17. The van der Waals surface area contributed by atoms with Crippen LogP contribution < -0.4 is 20.9 Å². The number of hydrazine groups is 1. The number of ether oxygens (including phenoxy) is 1. The molecule has 0 saturated carbocycles. The number of hydrazone groups is 1. The quantitative estimate of drug-likeness (QED) is 0.618. The summed E-state index contributed by atoms with van der Waals surface area (Å²) < 4.78 is 5.14. The Bertz CT molecular complexity index is 1070. The van der Waals surface area contributed by atoms with E-state index in [0.717, 1.165) is 11.6 Å². The summed E-state index contributed by atoms with van der Waals surface area (Å²) in [7, 11) is 1.55. The summed E-state index contributed by atoms with van der Waals surface area (Å²) in [4.78, 5) is 14.5. The van der Waals surface area contributed by atoms with Gasteiger partial charge in [0.1, 0.15) is 11.9 Å². The number of halogens is 1. The van der Waals surface area contributed by atoms with Gasteiger partial charge in [0.05, 0.1) is 30.0 Å². The second kappa shape index (κ2) is 8.93. The molecule has 3 aliphatic rings. The number of nitrogens with one attached hydrogen (secondary N) is 3. The van der Waals surface area contributed by atoms with E-state index in [1.165, 1.54) is 17.3 Å². The number of thioether (sulfide) groups is 1. The van der Waals surface area contributed by atoms with E-state index in [1.54, 1.807) is 25.3 Å². The van der Waals surface area contributed by atoms with E-state index in [9.17, 15) is 4.79 Å². The van der Waals surface area contributed by atoms with Crippen molar-refractivity contribution in [1.29, 1.82) is 0 Å². The molecule has 166 valence electrons. The molecule has 0 radical (unpaired) electrons. The standard InChI is InChI=1S/C22H23ClN6O2S/c1-31-19-8-7-15(11-16(19)23)24-20(30)13-32-22-26-25-21-18-12-17(14-5-3-2-4-6-14)27-29(18)10-9-28(21)22/h2-11,17-18,21,25,27H,12-13H2,1H3,(H,24,30). The Morgan fingerprint density at radius 3 is 2.91 bits per heavy atom. The minimum absolute atomic E-state index is 0.0205. The second-order valence-corrected chi connectivity index (χ2v) is 9.01. The van der Waals surface area contributed by atoms with Gasteiger partial charge in [0.15, 0.2) is 5.17 Å². The molecule has 3 unspecified atom stereocenters. The Hall–Kier alpha value is -2.88. The highest BCUT2D eigenvalue weighted by Gasteiger charge is 2.44. The number of amides is 1. The summed E-state index contributed by atoms with van der Waals surface area (Å²) in [6, 6.07) is 16.1. The van der Waals surface area contributed by atoms with Gasteiger partial charge in [0.2, 0.25) is 5.91 Å². The van der Waals surface area contributed by atoms with Crippen LogP contribution in [-0.2, 0) is 4.79 Å². The van der Waals surface area contributed by atoms with Crippen LogP contribution in [0.3, 0.4) is 0 Å². The van der Waals surface area contributed by atoms with E-state index >= 15 is 0 Å². The number of amidine groups is 1. The number of hydrogen-bond acceptors (Lipinski definition) is 8. The number of methoxy groups -OCH3 is 1. The number of rotatable bonds is 5. The fourth-order valence-electron chi connectivity index (χ4n) is 4.12. The third-order valence-corrected chi connectivity index (χ3v) is 6.94. The van der Waals surface area contributed by atoms with Crippen LogP contribution in [-0.4, -0.2) is 46.1 Å². The maximum absolute atomic E-state index is 12.4. The lowest BCUT2D eigenvalue weighted by Crippen LogP contribution is -2.54. The number of nitrogens with zero attached hydrogens (tertiary/aromatic N) is 3. The number of fused-ring (bicyclic) bond motifs is 3. The number of hydrogen-bond donors (Lipinski definition) is 3. The first kappa shape index (κ1) is 21.0. The summed E-state index contributed by atoms with van der Waals surface area (Å²) in [6.07, 6.45) is 5.00. The lowest BCUT2D eigenvalue weighted by Gasteiger charge is -2.36. The van der Waals surface area contributed by atoms with Crippen molar-refractivity contribution in [1.82, 2.24) is 20.8 Å². The third kappa shape index (κ3) is 4.11. The smallest absolute Gasteiger partial charge is 0.234 e. The average Bonchev–Trinajstić information content (AvgIpc) is 3.42. The first-order valence-electron chi connectivity index (χ1n) is 10.3. The van der Waals surface area contributed by atoms with E-state index in [2.05, 4.69) is 55.4 Å². The van der Waals surface area contributed by atoms with E-state index in [4.69, 9.17) is 16.3 Å². The maximum atomic E-state index is 12.4. The predicted molar refractivity (Wildman–Crippen MR) is 127 cm³/mol. The van der Waals surface area contributed by atoms with Gasteiger partial charge in [-0.05, 0) is 30.2 Å². The first-order valence-corrected chi connectivity index (χ1v) is 11.6. The van der Waals surface area contributed by atoms with Gasteiger partial charge in [-0.1, -0.05) is 53.7 Å². The first-order chi connectivity index (χ1) is 15.6. The normalized spacial score (nSPS) is 23.3. The topological polar surface area (TPSA) is 81.2 Å². The van der Waals surface area contributed by atoms with Crippen molar-refractivity contribution in [2.45, 2.75) is 24.7 Å². The molecule has 0 bridgehead atoms. The van der Waals surface area contributed by atoms with Crippen molar-refractivity contribution < 1.29 is 9.53 Å². The molecule has 3 N–H and O–H groups in total. The molecule has 1 amide bonds. The molecule has 3 aliphatic heterocycles. The van der Waals surface area contributed by atoms with Gasteiger partial charge >= 0.3 is 0 Å². The third-order valence-electron chi connectivity index (χ3n) is 5.67. The molecule has 3 atom stereocenters. The molecule has 32 heavy (non-hydrogen) atoms. The molecule has 3 heterocycles. The lowest BCUT2D eigenvalue weighted by atomic mass is 10.00. The number of carbonyl (C=O) groups is 1. The molecular weight excluding hydrogens is 448 g/mol. The number of benzene rings is 2. The highest BCUT2D eigenvalue weighted by Crippen LogP contribution is 2.35. The summed E-state index contributed by atoms with van der Waals surface area (Å²) in [5, 5.41) is 10.7. The van der Waals surface area contributed by atoms with Gasteiger partial charge in [-0.15, -0.1) is 0 Å². The van der Waals surface area contributed by atoms with Crippen LogP contribution in [0.1, 0.15) is 18.0 Å². The Morgan fingerprint density at radius 2 is 2.12 bits per heavy atom. The van der Waals surface area contributed by atoms with E-state index in [0.29, 0.717) is 16.5 Å². The van der Waals surface area contributed by atoms with Crippen molar-refractivity contribution >= 4 is 40.1 Å². The highest BCUT2D eigenvalue weighted by molar-refractivity contribution is 8.14. The molecule has 2 aromatic rings. The van der Waals surface area contributed by atoms with Crippen LogP contribution >= 0.6 is 23.4 Å². The minimum Gasteiger partial charge on any atom is -0.495 e. The molecule has 8 nitrogen and oxygen atoms in total. The molecule has 5 rings (SSSR count). The van der Waals surface area contributed by atoms with Crippen molar-refractivity contribution in [2.75, 3.05) is 18.2 Å². The Labute approximate surface area is 195 Å². The predicted octanol–water partition coefficient (Wildman–Crippen LogP) is 3.33. The fourth-order valence-corrected chi connectivity index (χ4v) is 5.15. The summed E-state index contributed by atoms with van der Waals surface area (Å²) in [5.41, 5.74) is 8.71. The molecular formula is C22H23ClN6O2S. The van der Waals surface area contributed by atoms with Crippen molar-refractivity contribution in [2.24, 2.45) is 5.10 Å². The molecule has 10 heteroatoms. The zero-order chi connectivity index (χ0) is 22.1. The van der Waals surface area contributed by atoms with Gasteiger partial charge in [0.25, 0.3) is 0 Å². The van der Waals surface area contributed by atoms with Gasteiger partial charge in [-0.2, -0.15) is 5.10 Å². The van der Waals surface area contributed by atoms with Crippen LogP contribution in [0.2, 0.25) is 5.02 Å². The largest absolute Gasteiger partial charge is 0.495 e. The number of carbonyl (C=O) groups excluding carboxylic acids is 1. The van der Waals surface area contributed by atoms with E-state index < -0.39 is 0 Å². The molecule has 0 spiro atoms. The SMILES string of the molecule is COc1ccc(NC(=O)CSC2=NNC3C4CC(c5ccccc5)NN4C=CN23)cc1Cl. The second-order valence-electron chi connectivity index (χ2n) is 7.66. The van der Waals surface area contributed by atoms with Gasteiger partial charge in [0, 0.05) is 18.1 Å². The molecule has 0 aromatic heterocycles. The Kier molecular flexibility index (Phi) is 5.86. The van der Waals surface area contributed by atoms with Crippen LogP contribution in [0.4, 0.5) is 5.69 Å². The molecule has 2 aromatic carbocycles. The van der Waals surface area contributed by atoms with Crippen LogP contribution in [0.25, 0.3) is 0 Å². The van der Waals surface area contributed by atoms with Gasteiger partial charge < -0.3 is 20.0 Å². The maximum Gasteiger partial charge on any atom is 0.234 e. The van der Waals surface area contributed by atoms with E-state index in [1.807, 2.05) is 18.5 Å². The fraction of sp³-hybridized carbons (Fsp3) is 0.273. The molecule has 0 aliphatic carbocycles. The zero-order valence-corrected chi connectivity index (χ0v) is 18.9. The zero-order valence-electron chi connectivity index (χ0n) is 17.4. The van der Waals surface area contributed by atoms with Crippen LogP contribution in [0, 0.1) is 0 Å².